The van der Waals surface area contributed by atoms with Crippen LogP contribution in [0.15, 0.2) is 16.6 Å². The van der Waals surface area contributed by atoms with Crippen LogP contribution < -0.4 is 5.32 Å². The Morgan fingerprint density at radius 3 is 3.11 bits per heavy atom. The Morgan fingerprint density at radius 1 is 1.63 bits per heavy atom. The summed E-state index contributed by atoms with van der Waals surface area (Å²) in [4.78, 5) is 11.1. The van der Waals surface area contributed by atoms with Crippen molar-refractivity contribution in [1.82, 2.24) is 15.2 Å². The van der Waals surface area contributed by atoms with Gasteiger partial charge in [0.05, 0.1) is 6.54 Å². The molecule has 0 aliphatic carbocycles. The van der Waals surface area contributed by atoms with Crippen molar-refractivity contribution in [2.75, 3.05) is 25.9 Å². The van der Waals surface area contributed by atoms with Crippen LogP contribution in [0.1, 0.15) is 18.9 Å². The first-order chi connectivity index (χ1) is 9.20. The summed E-state index contributed by atoms with van der Waals surface area (Å²) >= 11 is 3.76. The zero-order valence-electron chi connectivity index (χ0n) is 11.8. The van der Waals surface area contributed by atoms with Gasteiger partial charge in [0.15, 0.2) is 5.96 Å². The van der Waals surface area contributed by atoms with E-state index in [1.54, 1.807) is 11.3 Å². The van der Waals surface area contributed by atoms with E-state index in [2.05, 4.69) is 45.8 Å². The largest absolute Gasteiger partial charge is 0.350 e. The maximum atomic E-state index is 4.40. The van der Waals surface area contributed by atoms with Crippen LogP contribution >= 0.6 is 23.1 Å². The molecule has 1 atom stereocenters. The van der Waals surface area contributed by atoms with Crippen molar-refractivity contribution in [3.05, 3.63) is 16.6 Å². The molecule has 0 saturated carbocycles. The lowest BCUT2D eigenvalue weighted by Gasteiger charge is -2.36. The van der Waals surface area contributed by atoms with Crippen LogP contribution in [0.2, 0.25) is 0 Å². The first-order valence-corrected chi connectivity index (χ1v) is 8.59. The van der Waals surface area contributed by atoms with Gasteiger partial charge in [-0.05, 0) is 5.92 Å². The monoisotopic (exact) mass is 298 g/mol. The minimum Gasteiger partial charge on any atom is -0.350 e. The van der Waals surface area contributed by atoms with E-state index in [1.807, 2.05) is 18.6 Å². The van der Waals surface area contributed by atoms with Crippen molar-refractivity contribution < 1.29 is 0 Å². The van der Waals surface area contributed by atoms with Crippen LogP contribution in [0.25, 0.3) is 0 Å². The Labute approximate surface area is 123 Å². The lowest BCUT2D eigenvalue weighted by atomic mass is 10.1. The van der Waals surface area contributed by atoms with Crippen LogP contribution in [0, 0.1) is 5.92 Å². The summed E-state index contributed by atoms with van der Waals surface area (Å²) in [5.74, 6) is 2.90. The number of guanidine groups is 1. The first kappa shape index (κ1) is 14.7. The molecule has 2 rings (SSSR count). The van der Waals surface area contributed by atoms with Crippen LogP contribution in [-0.4, -0.2) is 47.0 Å². The third-order valence-corrected chi connectivity index (χ3v) is 5.55. The predicted octanol–water partition coefficient (Wildman–Crippen LogP) is 2.29. The van der Waals surface area contributed by atoms with Crippen LogP contribution in [0.3, 0.4) is 0 Å². The molecule has 1 fully saturated rings. The van der Waals surface area contributed by atoms with Crippen molar-refractivity contribution in [2.45, 2.75) is 25.6 Å². The molecular formula is C13H22N4S2. The molecule has 4 nitrogen and oxygen atoms in total. The van der Waals surface area contributed by atoms with Gasteiger partial charge in [0.25, 0.3) is 0 Å². The summed E-state index contributed by atoms with van der Waals surface area (Å²) in [5, 5.41) is 7.23. The summed E-state index contributed by atoms with van der Waals surface area (Å²) in [7, 11) is 1.86. The average molecular weight is 298 g/mol. The highest BCUT2D eigenvalue weighted by molar-refractivity contribution is 8.00. The molecule has 2 heterocycles. The number of rotatable bonds is 3. The quantitative estimate of drug-likeness (QED) is 0.686. The van der Waals surface area contributed by atoms with E-state index in [4.69, 9.17) is 0 Å². The third kappa shape index (κ3) is 4.11. The summed E-state index contributed by atoms with van der Waals surface area (Å²) in [6, 6.07) is 0. The molecule has 1 N–H and O–H groups in total. The summed E-state index contributed by atoms with van der Waals surface area (Å²) < 4.78 is 0. The molecule has 0 amide bonds. The van der Waals surface area contributed by atoms with E-state index in [9.17, 15) is 0 Å². The number of aromatic nitrogens is 1. The third-order valence-electron chi connectivity index (χ3n) is 3.23. The van der Waals surface area contributed by atoms with Crippen molar-refractivity contribution >= 4 is 29.1 Å². The topological polar surface area (TPSA) is 40.5 Å². The Hall–Kier alpha value is -0.750. The molecule has 0 aromatic carbocycles. The minimum absolute atomic E-state index is 0.701. The highest BCUT2D eigenvalue weighted by Crippen LogP contribution is 2.24. The molecule has 19 heavy (non-hydrogen) atoms. The molecule has 1 aliphatic heterocycles. The summed E-state index contributed by atoms with van der Waals surface area (Å²) in [6.07, 6.45) is 1.84. The number of hydrogen-bond donors (Lipinski definition) is 1. The Kier molecular flexibility index (Phi) is 5.51. The number of nitrogens with zero attached hydrogens (tertiary/aromatic N) is 3. The molecular weight excluding hydrogens is 276 g/mol. The number of aliphatic imine (C=N–C) groups is 1. The number of thioether (sulfide) groups is 1. The molecule has 1 unspecified atom stereocenters. The highest BCUT2D eigenvalue weighted by atomic mass is 32.2. The Bertz CT molecular complexity index is 403. The lowest BCUT2D eigenvalue weighted by Crippen LogP contribution is -2.48. The van der Waals surface area contributed by atoms with Crippen molar-refractivity contribution in [3.63, 3.8) is 0 Å². The van der Waals surface area contributed by atoms with E-state index in [1.165, 1.54) is 5.75 Å². The molecule has 0 spiro atoms. The fraction of sp³-hybridized carbons (Fsp3) is 0.692. The maximum Gasteiger partial charge on any atom is 0.194 e. The van der Waals surface area contributed by atoms with Gasteiger partial charge in [-0.2, -0.15) is 11.8 Å². The molecule has 0 bridgehead atoms. The van der Waals surface area contributed by atoms with Gasteiger partial charge < -0.3 is 10.2 Å². The van der Waals surface area contributed by atoms with E-state index >= 15 is 0 Å². The molecule has 106 valence electrons. The molecule has 1 aliphatic rings. The zero-order chi connectivity index (χ0) is 13.7. The van der Waals surface area contributed by atoms with Gasteiger partial charge >= 0.3 is 0 Å². The SMILES string of the molecule is CN=C(NCc1nccs1)N1CCSC(C(C)C)C1. The van der Waals surface area contributed by atoms with Gasteiger partial charge in [-0.15, -0.1) is 11.3 Å². The van der Waals surface area contributed by atoms with E-state index in [0.717, 1.165) is 30.6 Å². The van der Waals surface area contributed by atoms with Crippen molar-refractivity contribution in [2.24, 2.45) is 10.9 Å². The van der Waals surface area contributed by atoms with Gasteiger partial charge in [-0.3, -0.25) is 4.99 Å². The molecule has 1 aromatic heterocycles. The number of thiazole rings is 1. The van der Waals surface area contributed by atoms with Crippen molar-refractivity contribution in [1.29, 1.82) is 0 Å². The highest BCUT2D eigenvalue weighted by Gasteiger charge is 2.24. The van der Waals surface area contributed by atoms with Crippen LogP contribution in [0.4, 0.5) is 0 Å². The van der Waals surface area contributed by atoms with Crippen molar-refractivity contribution in [3.8, 4) is 0 Å². The zero-order valence-corrected chi connectivity index (χ0v) is 13.4. The molecule has 0 radical (unpaired) electrons. The van der Waals surface area contributed by atoms with Gasteiger partial charge in [0.2, 0.25) is 0 Å². The normalized spacial score (nSPS) is 20.9. The smallest absolute Gasteiger partial charge is 0.194 e. The average Bonchev–Trinajstić information content (AvgIpc) is 2.93. The predicted molar refractivity (Wildman–Crippen MR) is 85.0 cm³/mol. The van der Waals surface area contributed by atoms with E-state index in [0.29, 0.717) is 11.2 Å². The number of hydrogen-bond acceptors (Lipinski definition) is 4. The van der Waals surface area contributed by atoms with Gasteiger partial charge in [0, 0.05) is 42.7 Å². The molecule has 1 aromatic rings. The van der Waals surface area contributed by atoms with Gasteiger partial charge in [-0.1, -0.05) is 13.8 Å². The minimum atomic E-state index is 0.701. The summed E-state index contributed by atoms with van der Waals surface area (Å²) in [6.45, 7) is 7.52. The lowest BCUT2D eigenvalue weighted by molar-refractivity contribution is 0.380. The van der Waals surface area contributed by atoms with Crippen LogP contribution in [-0.2, 0) is 6.54 Å². The fourth-order valence-corrected chi connectivity index (χ4v) is 3.95. The second-order valence-corrected chi connectivity index (χ2v) is 7.25. The Morgan fingerprint density at radius 2 is 2.47 bits per heavy atom. The number of nitrogens with one attached hydrogen (secondary N) is 1. The van der Waals surface area contributed by atoms with Gasteiger partial charge in [0.1, 0.15) is 5.01 Å². The van der Waals surface area contributed by atoms with Gasteiger partial charge in [-0.25, -0.2) is 4.98 Å². The fourth-order valence-electron chi connectivity index (χ4n) is 2.10. The molecule has 1 saturated heterocycles. The summed E-state index contributed by atoms with van der Waals surface area (Å²) in [5.41, 5.74) is 0. The maximum absolute atomic E-state index is 4.40. The first-order valence-electron chi connectivity index (χ1n) is 6.66. The van der Waals surface area contributed by atoms with E-state index in [-0.39, 0.29) is 0 Å². The standard InChI is InChI=1S/C13H22N4S2/c1-10(2)11-9-17(5-7-18-11)13(14-3)16-8-12-15-4-6-19-12/h4,6,10-11H,5,7-9H2,1-3H3,(H,14,16). The van der Waals surface area contributed by atoms with Crippen LogP contribution in [0.5, 0.6) is 0 Å². The Balaban J connectivity index is 1.90. The van der Waals surface area contributed by atoms with E-state index < -0.39 is 0 Å². The second kappa shape index (κ2) is 7.14. The second-order valence-electron chi connectivity index (χ2n) is 4.93. The molecule has 6 heteroatoms.